The van der Waals surface area contributed by atoms with Gasteiger partial charge in [0.2, 0.25) is 0 Å². The van der Waals surface area contributed by atoms with Crippen LogP contribution in [0.1, 0.15) is 34.3 Å². The maximum atomic E-state index is 12.6. The highest BCUT2D eigenvalue weighted by Gasteiger charge is 2.25. The first-order valence-corrected chi connectivity index (χ1v) is 9.69. The number of benzene rings is 2. The van der Waals surface area contributed by atoms with Crippen molar-refractivity contribution < 1.29 is 14.3 Å². The summed E-state index contributed by atoms with van der Waals surface area (Å²) in [6, 6.07) is 16.2. The van der Waals surface area contributed by atoms with E-state index in [4.69, 9.17) is 9.47 Å². The van der Waals surface area contributed by atoms with E-state index < -0.39 is 0 Å². The predicted octanol–water partition coefficient (Wildman–Crippen LogP) is 2.99. The van der Waals surface area contributed by atoms with E-state index in [2.05, 4.69) is 10.2 Å². The molecule has 2 aliphatic heterocycles. The van der Waals surface area contributed by atoms with E-state index in [0.29, 0.717) is 24.8 Å². The number of amides is 1. The van der Waals surface area contributed by atoms with Gasteiger partial charge in [0, 0.05) is 50.0 Å². The van der Waals surface area contributed by atoms with E-state index in [9.17, 15) is 4.79 Å². The van der Waals surface area contributed by atoms with Gasteiger partial charge in [0.25, 0.3) is 5.91 Å². The van der Waals surface area contributed by atoms with Crippen LogP contribution in [-0.4, -0.2) is 43.2 Å². The van der Waals surface area contributed by atoms with Gasteiger partial charge in [0.1, 0.15) is 12.4 Å². The van der Waals surface area contributed by atoms with Crippen molar-refractivity contribution in [1.82, 2.24) is 10.2 Å². The molecule has 1 N–H and O–H groups in total. The third-order valence-corrected chi connectivity index (χ3v) is 5.34. The Morgan fingerprint density at radius 2 is 1.89 bits per heavy atom. The summed E-state index contributed by atoms with van der Waals surface area (Å²) in [5.41, 5.74) is 2.86. The standard InChI is InChI=1S/C22H26N2O3/c25-22(23-15-17-4-2-1-3-5-17)18-6-7-21-19(14-18)16-24(10-13-27-21)20-8-11-26-12-9-20/h1-7,14,20H,8-13,15-16H2,(H,23,25). The molecule has 5 nitrogen and oxygen atoms in total. The third-order valence-electron chi connectivity index (χ3n) is 5.34. The Morgan fingerprint density at radius 3 is 2.70 bits per heavy atom. The molecule has 0 atom stereocenters. The molecule has 0 bridgehead atoms. The average Bonchev–Trinajstić information content (AvgIpc) is 2.95. The van der Waals surface area contributed by atoms with Gasteiger partial charge in [-0.15, -0.1) is 0 Å². The highest BCUT2D eigenvalue weighted by Crippen LogP contribution is 2.27. The summed E-state index contributed by atoms with van der Waals surface area (Å²) in [6.45, 7) is 4.60. The monoisotopic (exact) mass is 366 g/mol. The molecular formula is C22H26N2O3. The zero-order chi connectivity index (χ0) is 18.5. The third kappa shape index (κ3) is 4.49. The molecule has 1 fully saturated rings. The van der Waals surface area contributed by atoms with Crippen molar-refractivity contribution in [3.8, 4) is 5.75 Å². The smallest absolute Gasteiger partial charge is 0.251 e. The average molecular weight is 366 g/mol. The van der Waals surface area contributed by atoms with Crippen molar-refractivity contribution >= 4 is 5.91 Å². The van der Waals surface area contributed by atoms with Gasteiger partial charge in [-0.1, -0.05) is 30.3 Å². The van der Waals surface area contributed by atoms with Crippen molar-refractivity contribution in [2.45, 2.75) is 32.0 Å². The maximum Gasteiger partial charge on any atom is 0.251 e. The topological polar surface area (TPSA) is 50.8 Å². The molecule has 142 valence electrons. The Morgan fingerprint density at radius 1 is 1.07 bits per heavy atom. The Hall–Kier alpha value is -2.37. The molecule has 4 rings (SSSR count). The van der Waals surface area contributed by atoms with Crippen LogP contribution < -0.4 is 10.1 Å². The van der Waals surface area contributed by atoms with Crippen molar-refractivity contribution in [3.63, 3.8) is 0 Å². The summed E-state index contributed by atoms with van der Waals surface area (Å²) in [5, 5.41) is 3.00. The first-order valence-electron chi connectivity index (χ1n) is 9.69. The van der Waals surface area contributed by atoms with Gasteiger partial charge in [0.05, 0.1) is 0 Å². The first kappa shape index (κ1) is 18.0. The largest absolute Gasteiger partial charge is 0.492 e. The van der Waals surface area contributed by atoms with E-state index in [1.807, 2.05) is 48.5 Å². The van der Waals surface area contributed by atoms with E-state index in [1.54, 1.807) is 0 Å². The predicted molar refractivity (Wildman–Crippen MR) is 104 cm³/mol. The van der Waals surface area contributed by atoms with Gasteiger partial charge in [-0.05, 0) is 36.6 Å². The summed E-state index contributed by atoms with van der Waals surface area (Å²) in [7, 11) is 0. The lowest BCUT2D eigenvalue weighted by Gasteiger charge is -2.32. The van der Waals surface area contributed by atoms with E-state index in [1.165, 1.54) is 0 Å². The number of fused-ring (bicyclic) bond motifs is 1. The van der Waals surface area contributed by atoms with Crippen LogP contribution in [0.5, 0.6) is 5.75 Å². The quantitative estimate of drug-likeness (QED) is 0.904. The molecule has 27 heavy (non-hydrogen) atoms. The van der Waals surface area contributed by atoms with Gasteiger partial charge in [-0.25, -0.2) is 0 Å². The molecule has 5 heteroatoms. The molecule has 2 aliphatic rings. The number of hydrogen-bond acceptors (Lipinski definition) is 4. The second kappa shape index (κ2) is 8.55. The molecule has 0 aliphatic carbocycles. The maximum absolute atomic E-state index is 12.6. The van der Waals surface area contributed by atoms with Crippen LogP contribution in [-0.2, 0) is 17.8 Å². The molecule has 1 amide bonds. The SMILES string of the molecule is O=C(NCc1ccccc1)c1ccc2c(c1)CN(C1CCOCC1)CCO2. The normalized spacial score (nSPS) is 18.2. The minimum absolute atomic E-state index is 0.0523. The second-order valence-corrected chi connectivity index (χ2v) is 7.15. The fraction of sp³-hybridized carbons (Fsp3) is 0.409. The fourth-order valence-electron chi connectivity index (χ4n) is 3.80. The summed E-state index contributed by atoms with van der Waals surface area (Å²) >= 11 is 0. The molecule has 0 radical (unpaired) electrons. The van der Waals surface area contributed by atoms with Crippen LogP contribution in [0.25, 0.3) is 0 Å². The van der Waals surface area contributed by atoms with Crippen LogP contribution in [0, 0.1) is 0 Å². The number of ether oxygens (including phenoxy) is 2. The Labute approximate surface area is 160 Å². The zero-order valence-corrected chi connectivity index (χ0v) is 15.5. The summed E-state index contributed by atoms with van der Waals surface area (Å²) < 4.78 is 11.4. The minimum Gasteiger partial charge on any atom is -0.492 e. The lowest BCUT2D eigenvalue weighted by Crippen LogP contribution is -2.40. The van der Waals surface area contributed by atoms with Gasteiger partial charge in [-0.2, -0.15) is 0 Å². The van der Waals surface area contributed by atoms with Crippen LogP contribution >= 0.6 is 0 Å². The number of nitrogens with zero attached hydrogens (tertiary/aromatic N) is 1. The number of carbonyl (C=O) groups is 1. The first-order chi connectivity index (χ1) is 13.3. The second-order valence-electron chi connectivity index (χ2n) is 7.15. The lowest BCUT2D eigenvalue weighted by molar-refractivity contribution is 0.0294. The number of hydrogen-bond donors (Lipinski definition) is 1. The van der Waals surface area contributed by atoms with Crippen molar-refractivity contribution in [1.29, 1.82) is 0 Å². The molecule has 0 spiro atoms. The van der Waals surface area contributed by atoms with Gasteiger partial charge in [0.15, 0.2) is 0 Å². The molecule has 0 aromatic heterocycles. The van der Waals surface area contributed by atoms with E-state index in [0.717, 1.165) is 56.0 Å². The molecule has 2 heterocycles. The molecule has 0 saturated carbocycles. The van der Waals surface area contributed by atoms with E-state index in [-0.39, 0.29) is 5.91 Å². The van der Waals surface area contributed by atoms with Gasteiger partial charge >= 0.3 is 0 Å². The molecule has 1 saturated heterocycles. The summed E-state index contributed by atoms with van der Waals surface area (Å²) in [4.78, 5) is 15.1. The lowest BCUT2D eigenvalue weighted by atomic mass is 10.0. The molecule has 0 unspecified atom stereocenters. The molecule has 2 aromatic carbocycles. The highest BCUT2D eigenvalue weighted by atomic mass is 16.5. The van der Waals surface area contributed by atoms with Crippen LogP contribution in [0.15, 0.2) is 48.5 Å². The molecular weight excluding hydrogens is 340 g/mol. The zero-order valence-electron chi connectivity index (χ0n) is 15.5. The highest BCUT2D eigenvalue weighted by molar-refractivity contribution is 5.94. The summed E-state index contributed by atoms with van der Waals surface area (Å²) in [5.74, 6) is 0.840. The Balaban J connectivity index is 1.45. The number of carbonyl (C=O) groups excluding carboxylic acids is 1. The molecule has 2 aromatic rings. The van der Waals surface area contributed by atoms with Gasteiger partial charge < -0.3 is 14.8 Å². The Bertz CT molecular complexity index is 772. The summed E-state index contributed by atoms with van der Waals surface area (Å²) in [6.07, 6.45) is 2.12. The van der Waals surface area contributed by atoms with Crippen LogP contribution in [0.3, 0.4) is 0 Å². The number of rotatable bonds is 4. The van der Waals surface area contributed by atoms with Crippen molar-refractivity contribution in [3.05, 3.63) is 65.2 Å². The van der Waals surface area contributed by atoms with Crippen LogP contribution in [0.2, 0.25) is 0 Å². The van der Waals surface area contributed by atoms with E-state index >= 15 is 0 Å². The van der Waals surface area contributed by atoms with Crippen molar-refractivity contribution in [2.24, 2.45) is 0 Å². The number of nitrogens with one attached hydrogen (secondary N) is 1. The minimum atomic E-state index is -0.0523. The van der Waals surface area contributed by atoms with Crippen LogP contribution in [0.4, 0.5) is 0 Å². The van der Waals surface area contributed by atoms with Gasteiger partial charge in [-0.3, -0.25) is 9.69 Å². The van der Waals surface area contributed by atoms with Crippen molar-refractivity contribution in [2.75, 3.05) is 26.4 Å². The fourth-order valence-corrected chi connectivity index (χ4v) is 3.80. The Kier molecular flexibility index (Phi) is 5.70.